The lowest BCUT2D eigenvalue weighted by Gasteiger charge is -2.03. The summed E-state index contributed by atoms with van der Waals surface area (Å²) in [5.41, 5.74) is 5.75. The van der Waals surface area contributed by atoms with E-state index in [-0.39, 0.29) is 11.1 Å². The Kier molecular flexibility index (Phi) is 3.19. The van der Waals surface area contributed by atoms with Gasteiger partial charge in [0.15, 0.2) is 6.29 Å². The SMILES string of the molecule is N#Cc1ccc(C(N)=O)c(C=O)c1I. The number of amides is 1. The molecule has 1 amide bonds. The second-order valence-corrected chi connectivity index (χ2v) is 3.56. The third-order valence-corrected chi connectivity index (χ3v) is 2.85. The van der Waals surface area contributed by atoms with E-state index in [2.05, 4.69) is 0 Å². The Morgan fingerprint density at radius 1 is 1.57 bits per heavy atom. The number of aldehydes is 1. The average molecular weight is 300 g/mol. The summed E-state index contributed by atoms with van der Waals surface area (Å²) in [6.07, 6.45) is 0.530. The molecule has 0 aliphatic rings. The number of benzene rings is 1. The van der Waals surface area contributed by atoms with Crippen LogP contribution in [0.5, 0.6) is 0 Å². The molecule has 0 heterocycles. The van der Waals surface area contributed by atoms with Gasteiger partial charge in [0.1, 0.15) is 6.07 Å². The van der Waals surface area contributed by atoms with Crippen LogP contribution in [0.3, 0.4) is 0 Å². The first-order valence-electron chi connectivity index (χ1n) is 3.59. The molecule has 0 bridgehead atoms. The molecule has 1 rings (SSSR count). The zero-order chi connectivity index (χ0) is 10.7. The Morgan fingerprint density at radius 2 is 2.21 bits per heavy atom. The number of hydrogen-bond acceptors (Lipinski definition) is 3. The van der Waals surface area contributed by atoms with Crippen LogP contribution in [-0.4, -0.2) is 12.2 Å². The van der Waals surface area contributed by atoms with E-state index in [4.69, 9.17) is 11.0 Å². The predicted octanol–water partition coefficient (Wildman–Crippen LogP) is 1.07. The number of nitrogens with zero attached hydrogens (tertiary/aromatic N) is 1. The van der Waals surface area contributed by atoms with Crippen molar-refractivity contribution in [3.63, 3.8) is 0 Å². The molecule has 4 nitrogen and oxygen atoms in total. The van der Waals surface area contributed by atoms with Crippen molar-refractivity contribution in [1.82, 2.24) is 0 Å². The highest BCUT2D eigenvalue weighted by atomic mass is 127. The van der Waals surface area contributed by atoms with E-state index in [0.29, 0.717) is 15.4 Å². The van der Waals surface area contributed by atoms with Crippen molar-refractivity contribution in [3.8, 4) is 6.07 Å². The minimum absolute atomic E-state index is 0.142. The zero-order valence-electron chi connectivity index (χ0n) is 6.95. The van der Waals surface area contributed by atoms with Gasteiger partial charge in [-0.1, -0.05) is 0 Å². The van der Waals surface area contributed by atoms with Crippen LogP contribution in [0.25, 0.3) is 0 Å². The van der Waals surface area contributed by atoms with Crippen LogP contribution in [0.4, 0.5) is 0 Å². The Morgan fingerprint density at radius 3 is 2.64 bits per heavy atom. The van der Waals surface area contributed by atoms with Gasteiger partial charge in [0, 0.05) is 9.13 Å². The van der Waals surface area contributed by atoms with Crippen molar-refractivity contribution >= 4 is 34.8 Å². The second-order valence-electron chi connectivity index (χ2n) is 2.48. The maximum absolute atomic E-state index is 10.9. The smallest absolute Gasteiger partial charge is 0.249 e. The molecule has 0 radical (unpaired) electrons. The number of nitriles is 1. The molecule has 14 heavy (non-hydrogen) atoms. The summed E-state index contributed by atoms with van der Waals surface area (Å²) in [5, 5.41) is 8.68. The average Bonchev–Trinajstić information content (AvgIpc) is 2.17. The topological polar surface area (TPSA) is 83.9 Å². The molecular formula is C9H5IN2O2. The highest BCUT2D eigenvalue weighted by Gasteiger charge is 2.13. The normalized spacial score (nSPS) is 9.14. The van der Waals surface area contributed by atoms with Gasteiger partial charge in [-0.2, -0.15) is 5.26 Å². The lowest BCUT2D eigenvalue weighted by Crippen LogP contribution is -2.14. The highest BCUT2D eigenvalue weighted by Crippen LogP contribution is 2.19. The molecule has 2 N–H and O–H groups in total. The van der Waals surface area contributed by atoms with Crippen LogP contribution < -0.4 is 5.73 Å². The summed E-state index contributed by atoms with van der Waals surface area (Å²) in [7, 11) is 0. The molecule has 0 saturated heterocycles. The van der Waals surface area contributed by atoms with Gasteiger partial charge in [-0.15, -0.1) is 0 Å². The molecule has 0 saturated carbocycles. The van der Waals surface area contributed by atoms with E-state index >= 15 is 0 Å². The Balaban J connectivity index is 3.53. The van der Waals surface area contributed by atoms with Gasteiger partial charge in [0.05, 0.1) is 11.1 Å². The molecule has 1 aromatic rings. The first-order valence-corrected chi connectivity index (χ1v) is 4.67. The summed E-state index contributed by atoms with van der Waals surface area (Å²) >= 11 is 1.84. The maximum atomic E-state index is 10.9. The van der Waals surface area contributed by atoms with Crippen molar-refractivity contribution in [2.24, 2.45) is 5.73 Å². The van der Waals surface area contributed by atoms with Crippen LogP contribution in [0.15, 0.2) is 12.1 Å². The van der Waals surface area contributed by atoms with Gasteiger partial charge in [-0.05, 0) is 34.7 Å². The van der Waals surface area contributed by atoms with Crippen LogP contribution in [0.1, 0.15) is 26.3 Å². The predicted molar refractivity (Wildman–Crippen MR) is 57.8 cm³/mol. The molecule has 0 aliphatic heterocycles. The summed E-state index contributed by atoms with van der Waals surface area (Å²) in [6, 6.07) is 4.77. The van der Waals surface area contributed by atoms with Gasteiger partial charge in [-0.25, -0.2) is 0 Å². The Hall–Kier alpha value is -1.42. The molecule has 1 aromatic carbocycles. The van der Waals surface area contributed by atoms with Crippen molar-refractivity contribution in [2.45, 2.75) is 0 Å². The maximum Gasteiger partial charge on any atom is 0.249 e. The van der Waals surface area contributed by atoms with E-state index in [1.165, 1.54) is 12.1 Å². The number of primary amides is 1. The molecule has 0 atom stereocenters. The van der Waals surface area contributed by atoms with Crippen LogP contribution in [-0.2, 0) is 0 Å². The van der Waals surface area contributed by atoms with Crippen LogP contribution in [0.2, 0.25) is 0 Å². The van der Waals surface area contributed by atoms with Gasteiger partial charge in [0.2, 0.25) is 5.91 Å². The number of nitrogens with two attached hydrogens (primary N) is 1. The summed E-state index contributed by atoms with van der Waals surface area (Å²) in [5.74, 6) is -0.672. The molecule has 70 valence electrons. The molecule has 5 heteroatoms. The van der Waals surface area contributed by atoms with E-state index in [9.17, 15) is 9.59 Å². The van der Waals surface area contributed by atoms with Gasteiger partial charge in [0.25, 0.3) is 0 Å². The Bertz CT molecular complexity index is 449. The fraction of sp³-hybridized carbons (Fsp3) is 0. The number of hydrogen-bond donors (Lipinski definition) is 1. The van der Waals surface area contributed by atoms with Crippen LogP contribution >= 0.6 is 22.6 Å². The van der Waals surface area contributed by atoms with E-state index < -0.39 is 5.91 Å². The number of carbonyl (C=O) groups is 2. The zero-order valence-corrected chi connectivity index (χ0v) is 9.11. The monoisotopic (exact) mass is 300 g/mol. The summed E-state index contributed by atoms with van der Waals surface area (Å²) in [4.78, 5) is 21.6. The van der Waals surface area contributed by atoms with Gasteiger partial charge >= 0.3 is 0 Å². The molecule has 0 unspecified atom stereocenters. The fourth-order valence-electron chi connectivity index (χ4n) is 1.01. The highest BCUT2D eigenvalue weighted by molar-refractivity contribution is 14.1. The van der Waals surface area contributed by atoms with Gasteiger partial charge in [-0.3, -0.25) is 9.59 Å². The molecule has 0 spiro atoms. The molecule has 0 aliphatic carbocycles. The number of rotatable bonds is 2. The molecule has 0 fully saturated rings. The minimum atomic E-state index is -0.672. The second kappa shape index (κ2) is 4.19. The van der Waals surface area contributed by atoms with E-state index in [1.807, 2.05) is 28.7 Å². The first kappa shape index (κ1) is 10.7. The fourth-order valence-corrected chi connectivity index (χ4v) is 1.73. The van der Waals surface area contributed by atoms with Crippen molar-refractivity contribution in [2.75, 3.05) is 0 Å². The lowest BCUT2D eigenvalue weighted by atomic mass is 10.1. The third kappa shape index (κ3) is 1.75. The summed E-state index contributed by atoms with van der Waals surface area (Å²) < 4.78 is 0.455. The molecule has 0 aromatic heterocycles. The van der Waals surface area contributed by atoms with Gasteiger partial charge < -0.3 is 5.73 Å². The first-order chi connectivity index (χ1) is 6.61. The lowest BCUT2D eigenvalue weighted by molar-refractivity contribution is 0.0993. The largest absolute Gasteiger partial charge is 0.366 e. The standard InChI is InChI=1S/C9H5IN2O2/c10-8-5(3-11)1-2-6(9(12)14)7(8)4-13/h1-2,4H,(H2,12,14). The van der Waals surface area contributed by atoms with Crippen LogP contribution in [0, 0.1) is 14.9 Å². The summed E-state index contributed by atoms with van der Waals surface area (Å²) in [6.45, 7) is 0. The molecular weight excluding hydrogens is 295 g/mol. The van der Waals surface area contributed by atoms with Crippen molar-refractivity contribution in [1.29, 1.82) is 5.26 Å². The van der Waals surface area contributed by atoms with E-state index in [0.717, 1.165) is 0 Å². The van der Waals surface area contributed by atoms with E-state index in [1.54, 1.807) is 0 Å². The quantitative estimate of drug-likeness (QED) is 0.655. The number of carbonyl (C=O) groups excluding carboxylic acids is 2. The Labute approximate surface area is 93.8 Å². The minimum Gasteiger partial charge on any atom is -0.366 e. The third-order valence-electron chi connectivity index (χ3n) is 1.68. The van der Waals surface area contributed by atoms with Crippen molar-refractivity contribution < 1.29 is 9.59 Å². The van der Waals surface area contributed by atoms with Crippen molar-refractivity contribution in [3.05, 3.63) is 32.4 Å². The number of halogens is 1.